The first-order valence-corrected chi connectivity index (χ1v) is 7.56. The van der Waals surface area contributed by atoms with Gasteiger partial charge in [-0.05, 0) is 24.3 Å². The van der Waals surface area contributed by atoms with Crippen molar-refractivity contribution < 1.29 is 9.59 Å². The number of aromatic nitrogens is 3. The molecule has 0 aliphatic heterocycles. The molecule has 0 amide bonds. The molecule has 0 N–H and O–H groups in total. The number of aryl methyl sites for hydroxylation is 1. The summed E-state index contributed by atoms with van der Waals surface area (Å²) in [6, 6.07) is 1.82. The van der Waals surface area contributed by atoms with E-state index >= 15 is 0 Å². The molecule has 21 heavy (non-hydrogen) atoms. The van der Waals surface area contributed by atoms with Crippen LogP contribution in [0.25, 0.3) is 5.52 Å². The highest BCUT2D eigenvalue weighted by Crippen LogP contribution is 2.31. The van der Waals surface area contributed by atoms with Crippen LogP contribution in [0.5, 0.6) is 0 Å². The predicted octanol–water partition coefficient (Wildman–Crippen LogP) is 2.42. The quantitative estimate of drug-likeness (QED) is 0.538. The third-order valence-corrected chi connectivity index (χ3v) is 4.87. The predicted molar refractivity (Wildman–Crippen MR) is 77.8 cm³/mol. The summed E-state index contributed by atoms with van der Waals surface area (Å²) < 4.78 is 1.60. The molecule has 6 heteroatoms. The molecule has 0 saturated heterocycles. The van der Waals surface area contributed by atoms with Crippen molar-refractivity contribution in [3.05, 3.63) is 52.2 Å². The number of thiophene rings is 1. The monoisotopic (exact) mass is 297 g/mol. The molecule has 0 radical (unpaired) electrons. The van der Waals surface area contributed by atoms with Crippen molar-refractivity contribution in [3.8, 4) is 0 Å². The summed E-state index contributed by atoms with van der Waals surface area (Å²) in [5, 5.41) is 6.05. The van der Waals surface area contributed by atoms with Crippen LogP contribution in [0.2, 0.25) is 0 Å². The van der Waals surface area contributed by atoms with Gasteiger partial charge in [0.15, 0.2) is 11.6 Å². The molecule has 104 valence electrons. The van der Waals surface area contributed by atoms with Gasteiger partial charge in [0.2, 0.25) is 0 Å². The minimum atomic E-state index is -0.597. The number of nitrogens with zero attached hydrogens (tertiary/aromatic N) is 3. The summed E-state index contributed by atoms with van der Waals surface area (Å²) in [7, 11) is 0. The maximum atomic E-state index is 12.7. The number of carbonyl (C=O) groups excluding carboxylic acids is 2. The minimum Gasteiger partial charge on any atom is -0.293 e. The van der Waals surface area contributed by atoms with Crippen LogP contribution in [-0.2, 0) is 6.42 Å². The number of carbonyl (C=O) groups is 2. The van der Waals surface area contributed by atoms with Crippen LogP contribution in [-0.4, -0.2) is 26.2 Å². The summed E-state index contributed by atoms with van der Waals surface area (Å²) in [6.45, 7) is 0. The molecular formula is C15H11N3O2S. The lowest BCUT2D eigenvalue weighted by atomic mass is 9.82. The molecule has 0 spiro atoms. The number of hydrogen-bond acceptors (Lipinski definition) is 5. The third kappa shape index (κ3) is 1.83. The van der Waals surface area contributed by atoms with Gasteiger partial charge in [0.25, 0.3) is 0 Å². The largest absolute Gasteiger partial charge is 0.293 e. The Balaban J connectivity index is 1.74. The third-order valence-electron chi connectivity index (χ3n) is 3.89. The Morgan fingerprint density at radius 3 is 3.19 bits per heavy atom. The summed E-state index contributed by atoms with van der Waals surface area (Å²) in [4.78, 5) is 30.3. The number of fused-ring (bicyclic) bond motifs is 2. The summed E-state index contributed by atoms with van der Waals surface area (Å²) in [5.74, 6) is -0.814. The van der Waals surface area contributed by atoms with Crippen LogP contribution in [0.1, 0.15) is 32.0 Å². The maximum Gasteiger partial charge on any atom is 0.177 e. The van der Waals surface area contributed by atoms with Crippen molar-refractivity contribution in [2.45, 2.75) is 12.8 Å². The van der Waals surface area contributed by atoms with Gasteiger partial charge in [-0.3, -0.25) is 14.6 Å². The lowest BCUT2D eigenvalue weighted by Gasteiger charge is -2.19. The van der Waals surface area contributed by atoms with Crippen molar-refractivity contribution in [1.29, 1.82) is 0 Å². The highest BCUT2D eigenvalue weighted by atomic mass is 32.1. The van der Waals surface area contributed by atoms with E-state index in [0.29, 0.717) is 23.1 Å². The molecule has 1 aliphatic carbocycles. The van der Waals surface area contributed by atoms with Crippen molar-refractivity contribution in [2.75, 3.05) is 0 Å². The van der Waals surface area contributed by atoms with E-state index in [9.17, 15) is 9.59 Å². The second-order valence-electron chi connectivity index (χ2n) is 5.04. The van der Waals surface area contributed by atoms with E-state index in [2.05, 4.69) is 10.1 Å². The second-order valence-corrected chi connectivity index (χ2v) is 6.04. The molecule has 0 bridgehead atoms. The topological polar surface area (TPSA) is 64.3 Å². The zero-order valence-corrected chi connectivity index (χ0v) is 11.8. The SMILES string of the molecule is O=C1c2ccsc2CCC1C(=O)c1cnn2ccncc12. The standard InChI is InChI=1S/C15H11N3O2S/c19-14-9-3-6-21-13(9)2-1-10(14)15(20)11-7-17-18-5-4-16-8-12(11)18/h3-8,10H,1-2H2. The molecule has 0 aromatic carbocycles. The van der Waals surface area contributed by atoms with Gasteiger partial charge in [-0.1, -0.05) is 0 Å². The molecule has 1 aliphatic rings. The van der Waals surface area contributed by atoms with Crippen molar-refractivity contribution >= 4 is 28.4 Å². The smallest absolute Gasteiger partial charge is 0.177 e. The first-order valence-electron chi connectivity index (χ1n) is 6.68. The minimum absolute atomic E-state index is 0.0641. The van der Waals surface area contributed by atoms with Gasteiger partial charge in [0.1, 0.15) is 0 Å². The zero-order chi connectivity index (χ0) is 14.4. The Morgan fingerprint density at radius 2 is 2.29 bits per heavy atom. The van der Waals surface area contributed by atoms with Gasteiger partial charge < -0.3 is 0 Å². The molecular weight excluding hydrogens is 286 g/mol. The molecule has 5 nitrogen and oxygen atoms in total. The zero-order valence-electron chi connectivity index (χ0n) is 11.0. The van der Waals surface area contributed by atoms with Gasteiger partial charge in [-0.2, -0.15) is 5.10 Å². The van der Waals surface area contributed by atoms with E-state index in [1.54, 1.807) is 34.4 Å². The first-order chi connectivity index (χ1) is 10.3. The molecule has 3 aromatic heterocycles. The summed E-state index contributed by atoms with van der Waals surface area (Å²) >= 11 is 1.58. The Bertz CT molecular complexity index is 865. The average molecular weight is 297 g/mol. The summed E-state index contributed by atoms with van der Waals surface area (Å²) in [6.07, 6.45) is 7.78. The van der Waals surface area contributed by atoms with Gasteiger partial charge in [-0.15, -0.1) is 11.3 Å². The second kappa shape index (κ2) is 4.60. The number of Topliss-reactive ketones (excluding diaryl/α,β-unsaturated/α-hetero) is 2. The van der Waals surface area contributed by atoms with Gasteiger partial charge in [0, 0.05) is 22.8 Å². The highest BCUT2D eigenvalue weighted by Gasteiger charge is 2.35. The van der Waals surface area contributed by atoms with Crippen LogP contribution in [0, 0.1) is 5.92 Å². The van der Waals surface area contributed by atoms with Crippen LogP contribution >= 0.6 is 11.3 Å². The average Bonchev–Trinajstić information content (AvgIpc) is 3.14. The Morgan fingerprint density at radius 1 is 1.38 bits per heavy atom. The van der Waals surface area contributed by atoms with Gasteiger partial charge in [-0.25, -0.2) is 4.52 Å². The lowest BCUT2D eigenvalue weighted by molar-refractivity contribution is 0.0792. The van der Waals surface area contributed by atoms with Gasteiger partial charge in [0.05, 0.1) is 29.4 Å². The van der Waals surface area contributed by atoms with Crippen LogP contribution in [0.4, 0.5) is 0 Å². The number of rotatable bonds is 2. The Hall–Kier alpha value is -2.34. The van der Waals surface area contributed by atoms with Crippen LogP contribution in [0.3, 0.4) is 0 Å². The fourth-order valence-electron chi connectivity index (χ4n) is 2.81. The fraction of sp³-hybridized carbons (Fsp3) is 0.200. The fourth-order valence-corrected chi connectivity index (χ4v) is 3.71. The Kier molecular flexibility index (Phi) is 2.71. The van der Waals surface area contributed by atoms with Crippen molar-refractivity contribution in [3.63, 3.8) is 0 Å². The number of ketones is 2. The van der Waals surface area contributed by atoms with Crippen molar-refractivity contribution in [2.24, 2.45) is 5.92 Å². The van der Waals surface area contributed by atoms with Crippen LogP contribution < -0.4 is 0 Å². The number of hydrogen-bond donors (Lipinski definition) is 0. The van der Waals surface area contributed by atoms with E-state index in [1.807, 2.05) is 11.4 Å². The van der Waals surface area contributed by atoms with E-state index in [1.165, 1.54) is 6.20 Å². The van der Waals surface area contributed by atoms with E-state index in [0.717, 1.165) is 11.3 Å². The molecule has 1 unspecified atom stereocenters. The maximum absolute atomic E-state index is 12.7. The van der Waals surface area contributed by atoms with Crippen LogP contribution in [0.15, 0.2) is 36.2 Å². The molecule has 0 saturated carbocycles. The highest BCUT2D eigenvalue weighted by molar-refractivity contribution is 7.10. The molecule has 1 atom stereocenters. The van der Waals surface area contributed by atoms with Crippen molar-refractivity contribution in [1.82, 2.24) is 14.6 Å². The lowest BCUT2D eigenvalue weighted by Crippen LogP contribution is -2.28. The first kappa shape index (κ1) is 12.4. The van der Waals surface area contributed by atoms with E-state index in [4.69, 9.17) is 0 Å². The van der Waals surface area contributed by atoms with Gasteiger partial charge >= 0.3 is 0 Å². The summed E-state index contributed by atoms with van der Waals surface area (Å²) in [5.41, 5.74) is 1.82. The molecule has 3 aromatic rings. The molecule has 3 heterocycles. The molecule has 0 fully saturated rings. The molecule has 4 rings (SSSR count). The Labute approximate surface area is 124 Å². The van der Waals surface area contributed by atoms with E-state index in [-0.39, 0.29) is 11.6 Å². The normalized spacial score (nSPS) is 17.9. The van der Waals surface area contributed by atoms with E-state index < -0.39 is 5.92 Å².